The number of benzene rings is 1. The van der Waals surface area contributed by atoms with Crippen LogP contribution in [0.5, 0.6) is 0 Å². The van der Waals surface area contributed by atoms with Crippen molar-refractivity contribution in [1.82, 2.24) is 4.90 Å². The first-order valence-electron chi connectivity index (χ1n) is 8.24. The Balaban J connectivity index is 0.00000264. The number of hydrogen-bond acceptors (Lipinski definition) is 3. The third kappa shape index (κ3) is 5.70. The summed E-state index contributed by atoms with van der Waals surface area (Å²) in [6.07, 6.45) is 3.95. The molecule has 1 saturated heterocycles. The molecule has 0 aromatic heterocycles. The van der Waals surface area contributed by atoms with E-state index in [-0.39, 0.29) is 30.4 Å². The highest BCUT2D eigenvalue weighted by molar-refractivity contribution is 7.99. The second kappa shape index (κ2) is 9.55. The minimum absolute atomic E-state index is 0. The molecule has 0 saturated carbocycles. The molecule has 1 aromatic rings. The van der Waals surface area contributed by atoms with Gasteiger partial charge in [-0.15, -0.1) is 24.2 Å². The van der Waals surface area contributed by atoms with Gasteiger partial charge < -0.3 is 10.6 Å². The standard InChI is InChI=1S/C18H28N2OS.ClH/c1-13-7-8-16(12-14(13)2)22-11-9-18(21)20-10-5-4-6-17(20)15(3)19;/h7-8,12,15,17H,4-6,9-11,19H2,1-3H3;1H. The molecule has 2 rings (SSSR count). The summed E-state index contributed by atoms with van der Waals surface area (Å²) in [5.74, 6) is 1.10. The Morgan fingerprint density at radius 2 is 2.09 bits per heavy atom. The van der Waals surface area contributed by atoms with Crippen LogP contribution in [0.2, 0.25) is 0 Å². The second-order valence-corrected chi connectivity index (χ2v) is 7.52. The predicted octanol–water partition coefficient (Wildman–Crippen LogP) is 3.94. The molecule has 1 fully saturated rings. The lowest BCUT2D eigenvalue weighted by Gasteiger charge is -2.38. The van der Waals surface area contributed by atoms with Crippen LogP contribution in [0.25, 0.3) is 0 Å². The minimum Gasteiger partial charge on any atom is -0.338 e. The lowest BCUT2D eigenvalue weighted by Crippen LogP contribution is -2.51. The van der Waals surface area contributed by atoms with Gasteiger partial charge in [-0.2, -0.15) is 0 Å². The van der Waals surface area contributed by atoms with Gasteiger partial charge in [0, 0.05) is 35.7 Å². The van der Waals surface area contributed by atoms with Gasteiger partial charge in [-0.1, -0.05) is 6.07 Å². The summed E-state index contributed by atoms with van der Waals surface area (Å²) >= 11 is 1.77. The Hall–Kier alpha value is -0.710. The van der Waals surface area contributed by atoms with E-state index in [9.17, 15) is 4.79 Å². The number of carbonyl (C=O) groups is 1. The van der Waals surface area contributed by atoms with Crippen LogP contribution < -0.4 is 5.73 Å². The van der Waals surface area contributed by atoms with Crippen molar-refractivity contribution in [2.45, 2.75) is 63.4 Å². The Labute approximate surface area is 150 Å². The Bertz CT molecular complexity index is 522. The number of likely N-dealkylation sites (tertiary alicyclic amines) is 1. The normalized spacial score (nSPS) is 19.1. The van der Waals surface area contributed by atoms with Crippen LogP contribution >= 0.6 is 24.2 Å². The van der Waals surface area contributed by atoms with E-state index in [4.69, 9.17) is 5.73 Å². The Morgan fingerprint density at radius 1 is 1.35 bits per heavy atom. The molecule has 2 atom stereocenters. The van der Waals surface area contributed by atoms with Gasteiger partial charge in [-0.05, 0) is 63.3 Å². The lowest BCUT2D eigenvalue weighted by atomic mass is 9.96. The summed E-state index contributed by atoms with van der Waals surface area (Å²) in [6.45, 7) is 7.14. The van der Waals surface area contributed by atoms with Gasteiger partial charge in [0.2, 0.25) is 5.91 Å². The molecule has 0 spiro atoms. The summed E-state index contributed by atoms with van der Waals surface area (Å²) < 4.78 is 0. The van der Waals surface area contributed by atoms with Crippen molar-refractivity contribution in [3.8, 4) is 0 Å². The molecule has 2 unspecified atom stereocenters. The maximum Gasteiger partial charge on any atom is 0.223 e. The monoisotopic (exact) mass is 356 g/mol. The molecular weight excluding hydrogens is 328 g/mol. The average molecular weight is 357 g/mol. The van der Waals surface area contributed by atoms with Gasteiger partial charge in [-0.3, -0.25) is 4.79 Å². The third-order valence-electron chi connectivity index (χ3n) is 4.54. The van der Waals surface area contributed by atoms with Crippen LogP contribution in [0.3, 0.4) is 0 Å². The number of halogens is 1. The summed E-state index contributed by atoms with van der Waals surface area (Å²) in [5.41, 5.74) is 8.67. The molecule has 1 aliphatic heterocycles. The zero-order chi connectivity index (χ0) is 16.1. The molecule has 1 aromatic carbocycles. The summed E-state index contributed by atoms with van der Waals surface area (Å²) in [7, 11) is 0. The fourth-order valence-corrected chi connectivity index (χ4v) is 3.95. The molecule has 3 nitrogen and oxygen atoms in total. The maximum absolute atomic E-state index is 12.5. The third-order valence-corrected chi connectivity index (χ3v) is 5.54. The molecule has 2 N–H and O–H groups in total. The maximum atomic E-state index is 12.5. The zero-order valence-corrected chi connectivity index (χ0v) is 16.0. The fourth-order valence-electron chi connectivity index (χ4n) is 3.02. The van der Waals surface area contributed by atoms with E-state index in [2.05, 4.69) is 32.0 Å². The molecular formula is C18H29ClN2OS. The number of nitrogens with zero attached hydrogens (tertiary/aromatic N) is 1. The van der Waals surface area contributed by atoms with E-state index in [0.29, 0.717) is 6.42 Å². The molecule has 1 aliphatic rings. The fraction of sp³-hybridized carbons (Fsp3) is 0.611. The van der Waals surface area contributed by atoms with Crippen molar-refractivity contribution in [3.63, 3.8) is 0 Å². The minimum atomic E-state index is 0. The first-order chi connectivity index (χ1) is 10.5. The number of amides is 1. The number of piperidine rings is 1. The van der Waals surface area contributed by atoms with E-state index in [1.54, 1.807) is 11.8 Å². The number of carbonyl (C=O) groups excluding carboxylic acids is 1. The van der Waals surface area contributed by atoms with Crippen molar-refractivity contribution in [2.75, 3.05) is 12.3 Å². The van der Waals surface area contributed by atoms with E-state index < -0.39 is 0 Å². The van der Waals surface area contributed by atoms with E-state index in [1.165, 1.54) is 22.4 Å². The van der Waals surface area contributed by atoms with Crippen LogP contribution in [-0.4, -0.2) is 35.2 Å². The Morgan fingerprint density at radius 3 is 2.74 bits per heavy atom. The molecule has 23 heavy (non-hydrogen) atoms. The molecule has 0 bridgehead atoms. The van der Waals surface area contributed by atoms with Gasteiger partial charge >= 0.3 is 0 Å². The van der Waals surface area contributed by atoms with E-state index >= 15 is 0 Å². The van der Waals surface area contributed by atoms with Crippen LogP contribution in [0.15, 0.2) is 23.1 Å². The molecule has 0 radical (unpaired) electrons. The number of aryl methyl sites for hydroxylation is 2. The molecule has 5 heteroatoms. The number of nitrogens with two attached hydrogens (primary N) is 1. The Kier molecular flexibility index (Phi) is 8.45. The second-order valence-electron chi connectivity index (χ2n) is 6.35. The zero-order valence-electron chi connectivity index (χ0n) is 14.4. The quantitative estimate of drug-likeness (QED) is 0.813. The largest absolute Gasteiger partial charge is 0.338 e. The highest BCUT2D eigenvalue weighted by atomic mass is 35.5. The molecule has 0 aliphatic carbocycles. The molecule has 130 valence electrons. The average Bonchev–Trinajstić information content (AvgIpc) is 2.50. The first kappa shape index (κ1) is 20.3. The van der Waals surface area contributed by atoms with Crippen molar-refractivity contribution in [1.29, 1.82) is 0 Å². The lowest BCUT2D eigenvalue weighted by molar-refractivity contribution is -0.134. The van der Waals surface area contributed by atoms with Crippen LogP contribution in [0.4, 0.5) is 0 Å². The van der Waals surface area contributed by atoms with Gasteiger partial charge in [0.05, 0.1) is 0 Å². The predicted molar refractivity (Wildman–Crippen MR) is 102 cm³/mol. The van der Waals surface area contributed by atoms with Crippen LogP contribution in [0.1, 0.15) is 43.7 Å². The topological polar surface area (TPSA) is 46.3 Å². The van der Waals surface area contributed by atoms with Gasteiger partial charge in [0.1, 0.15) is 0 Å². The SMILES string of the molecule is Cc1ccc(SCCC(=O)N2CCCCC2C(C)N)cc1C.Cl. The van der Waals surface area contributed by atoms with Gasteiger partial charge in [-0.25, -0.2) is 0 Å². The van der Waals surface area contributed by atoms with Gasteiger partial charge in [0.25, 0.3) is 0 Å². The summed E-state index contributed by atoms with van der Waals surface area (Å²) in [6, 6.07) is 6.79. The van der Waals surface area contributed by atoms with E-state index in [0.717, 1.165) is 25.1 Å². The first-order valence-corrected chi connectivity index (χ1v) is 9.22. The number of hydrogen-bond donors (Lipinski definition) is 1. The van der Waals surface area contributed by atoms with Crippen LogP contribution in [-0.2, 0) is 4.79 Å². The highest BCUT2D eigenvalue weighted by Crippen LogP contribution is 2.24. The van der Waals surface area contributed by atoms with Crippen molar-refractivity contribution in [3.05, 3.63) is 29.3 Å². The van der Waals surface area contributed by atoms with Crippen molar-refractivity contribution < 1.29 is 4.79 Å². The summed E-state index contributed by atoms with van der Waals surface area (Å²) in [4.78, 5) is 15.8. The van der Waals surface area contributed by atoms with E-state index in [1.807, 2.05) is 11.8 Å². The van der Waals surface area contributed by atoms with Crippen molar-refractivity contribution >= 4 is 30.1 Å². The number of rotatable bonds is 5. The van der Waals surface area contributed by atoms with Gasteiger partial charge in [0.15, 0.2) is 0 Å². The number of thioether (sulfide) groups is 1. The molecule has 1 heterocycles. The highest BCUT2D eigenvalue weighted by Gasteiger charge is 2.28. The molecule has 1 amide bonds. The summed E-state index contributed by atoms with van der Waals surface area (Å²) in [5, 5.41) is 0. The smallest absolute Gasteiger partial charge is 0.223 e. The van der Waals surface area contributed by atoms with Crippen molar-refractivity contribution in [2.24, 2.45) is 5.73 Å². The van der Waals surface area contributed by atoms with Crippen LogP contribution in [0, 0.1) is 13.8 Å².